The molecule has 6 heteroatoms. The van der Waals surface area contributed by atoms with Crippen LogP contribution in [0.5, 0.6) is 23.0 Å². The number of carbonyl (C=O) groups excluding carboxylic acids is 1. The van der Waals surface area contributed by atoms with Crippen LogP contribution in [0.3, 0.4) is 0 Å². The van der Waals surface area contributed by atoms with Crippen molar-refractivity contribution in [3.8, 4) is 23.0 Å². The van der Waals surface area contributed by atoms with Crippen LogP contribution in [-0.2, 0) is 19.5 Å². The van der Waals surface area contributed by atoms with Crippen molar-refractivity contribution in [3.63, 3.8) is 0 Å². The molecule has 0 spiro atoms. The van der Waals surface area contributed by atoms with E-state index in [4.69, 9.17) is 14.2 Å². The molecule has 0 radical (unpaired) electrons. The molecule has 138 valence electrons. The van der Waals surface area contributed by atoms with E-state index in [-0.39, 0.29) is 5.75 Å². The highest BCUT2D eigenvalue weighted by Crippen LogP contribution is 2.35. The minimum absolute atomic E-state index is 0.0798. The molecule has 3 rings (SSSR count). The minimum Gasteiger partial charge on any atom is -0.504 e. The van der Waals surface area contributed by atoms with Crippen LogP contribution < -0.4 is 14.2 Å². The van der Waals surface area contributed by atoms with Crippen molar-refractivity contribution in [1.29, 1.82) is 0 Å². The Kier molecular flexibility index (Phi) is 5.32. The molecule has 1 N–H and O–H groups in total. The molecule has 0 atom stereocenters. The lowest BCUT2D eigenvalue weighted by atomic mass is 9.98. The molecule has 0 saturated heterocycles. The van der Waals surface area contributed by atoms with Crippen molar-refractivity contribution < 1.29 is 24.1 Å². The number of rotatable bonds is 6. The molecule has 1 aliphatic heterocycles. The van der Waals surface area contributed by atoms with Crippen molar-refractivity contribution in [1.82, 2.24) is 4.90 Å². The molecule has 0 fully saturated rings. The standard InChI is InChI=1S/C20H23NO5/c1-24-17-8-14-4-5-21(10-15(14)9-18(17)25-2)11-16-6-13(12-22)7-19(26-3)20(16)23/h6-9,12,23H,4-5,10-11H2,1-3H3. The van der Waals surface area contributed by atoms with Crippen molar-refractivity contribution in [2.75, 3.05) is 27.9 Å². The summed E-state index contributed by atoms with van der Waals surface area (Å²) in [5.74, 6) is 1.84. The Morgan fingerprint density at radius 2 is 1.65 bits per heavy atom. The second-order valence-electron chi connectivity index (χ2n) is 6.29. The zero-order valence-corrected chi connectivity index (χ0v) is 15.2. The Morgan fingerprint density at radius 3 is 2.27 bits per heavy atom. The summed E-state index contributed by atoms with van der Waals surface area (Å²) in [7, 11) is 4.74. The molecular formula is C20H23NO5. The molecule has 2 aromatic rings. The van der Waals surface area contributed by atoms with E-state index in [0.717, 1.165) is 31.5 Å². The normalized spacial score (nSPS) is 13.8. The van der Waals surface area contributed by atoms with Gasteiger partial charge in [-0.15, -0.1) is 0 Å². The molecular weight excluding hydrogens is 334 g/mol. The van der Waals surface area contributed by atoms with Gasteiger partial charge in [0.05, 0.1) is 21.3 Å². The number of hydrogen-bond acceptors (Lipinski definition) is 6. The molecule has 0 bridgehead atoms. The molecule has 0 unspecified atom stereocenters. The van der Waals surface area contributed by atoms with Crippen LogP contribution in [0.15, 0.2) is 24.3 Å². The highest BCUT2D eigenvalue weighted by atomic mass is 16.5. The van der Waals surface area contributed by atoms with E-state index >= 15 is 0 Å². The average Bonchev–Trinajstić information content (AvgIpc) is 2.68. The van der Waals surface area contributed by atoms with Crippen molar-refractivity contribution in [2.45, 2.75) is 19.5 Å². The lowest BCUT2D eigenvalue weighted by Gasteiger charge is -2.30. The highest BCUT2D eigenvalue weighted by molar-refractivity contribution is 5.77. The van der Waals surface area contributed by atoms with E-state index in [2.05, 4.69) is 4.90 Å². The van der Waals surface area contributed by atoms with E-state index in [1.807, 2.05) is 12.1 Å². The first-order valence-corrected chi connectivity index (χ1v) is 8.40. The number of methoxy groups -OCH3 is 3. The maximum absolute atomic E-state index is 11.1. The van der Waals surface area contributed by atoms with Crippen LogP contribution in [0.2, 0.25) is 0 Å². The lowest BCUT2D eigenvalue weighted by Crippen LogP contribution is -2.30. The SMILES string of the molecule is COc1cc2c(cc1OC)CN(Cc1cc(C=O)cc(OC)c1O)CC2. The summed E-state index contributed by atoms with van der Waals surface area (Å²) in [5, 5.41) is 10.4. The minimum atomic E-state index is 0.0798. The summed E-state index contributed by atoms with van der Waals surface area (Å²) in [6, 6.07) is 7.27. The third-order valence-electron chi connectivity index (χ3n) is 4.72. The molecule has 0 amide bonds. The summed E-state index contributed by atoms with van der Waals surface area (Å²) in [4.78, 5) is 13.4. The van der Waals surface area contributed by atoms with Crippen LogP contribution in [0.25, 0.3) is 0 Å². The van der Waals surface area contributed by atoms with Gasteiger partial charge in [0.1, 0.15) is 6.29 Å². The Hall–Kier alpha value is -2.73. The third kappa shape index (κ3) is 3.46. The van der Waals surface area contributed by atoms with Crippen LogP contribution in [0.1, 0.15) is 27.0 Å². The maximum atomic E-state index is 11.1. The summed E-state index contributed by atoms with van der Waals surface area (Å²) in [6.45, 7) is 2.09. The second kappa shape index (κ2) is 7.66. The molecule has 2 aromatic carbocycles. The van der Waals surface area contributed by atoms with Gasteiger partial charge in [-0.05, 0) is 41.8 Å². The first kappa shape index (κ1) is 18.1. The Bertz CT molecular complexity index is 818. The van der Waals surface area contributed by atoms with Crippen LogP contribution in [0.4, 0.5) is 0 Å². The maximum Gasteiger partial charge on any atom is 0.162 e. The number of carbonyl (C=O) groups is 1. The number of aldehydes is 1. The monoisotopic (exact) mass is 357 g/mol. The Labute approximate surface area is 152 Å². The van der Waals surface area contributed by atoms with Gasteiger partial charge in [0.2, 0.25) is 0 Å². The summed E-state index contributed by atoms with van der Waals surface area (Å²) < 4.78 is 15.9. The largest absolute Gasteiger partial charge is 0.504 e. The molecule has 0 saturated carbocycles. The van der Waals surface area contributed by atoms with Crippen molar-refractivity contribution in [3.05, 3.63) is 46.5 Å². The van der Waals surface area contributed by atoms with E-state index in [9.17, 15) is 9.90 Å². The van der Waals surface area contributed by atoms with Gasteiger partial charge in [-0.1, -0.05) is 0 Å². The fraction of sp³-hybridized carbons (Fsp3) is 0.350. The van der Waals surface area contributed by atoms with Gasteiger partial charge < -0.3 is 19.3 Å². The first-order chi connectivity index (χ1) is 12.6. The number of ether oxygens (including phenoxy) is 3. The lowest BCUT2D eigenvalue weighted by molar-refractivity contribution is 0.112. The van der Waals surface area contributed by atoms with Gasteiger partial charge in [-0.25, -0.2) is 0 Å². The van der Waals surface area contributed by atoms with Gasteiger partial charge in [-0.2, -0.15) is 0 Å². The Morgan fingerprint density at radius 1 is 1.00 bits per heavy atom. The van der Waals surface area contributed by atoms with Crippen LogP contribution >= 0.6 is 0 Å². The highest BCUT2D eigenvalue weighted by Gasteiger charge is 2.21. The fourth-order valence-corrected chi connectivity index (χ4v) is 3.35. The topological polar surface area (TPSA) is 68.2 Å². The number of nitrogens with zero attached hydrogens (tertiary/aromatic N) is 1. The van der Waals surface area contributed by atoms with Gasteiger partial charge in [0.15, 0.2) is 23.0 Å². The molecule has 0 aliphatic carbocycles. The molecule has 6 nitrogen and oxygen atoms in total. The number of benzene rings is 2. The number of phenols is 1. The Balaban J connectivity index is 1.85. The van der Waals surface area contributed by atoms with Crippen molar-refractivity contribution >= 4 is 6.29 Å². The van der Waals surface area contributed by atoms with Gasteiger partial charge >= 0.3 is 0 Å². The average molecular weight is 357 g/mol. The van der Waals surface area contributed by atoms with Gasteiger partial charge in [0, 0.05) is 30.8 Å². The first-order valence-electron chi connectivity index (χ1n) is 8.40. The third-order valence-corrected chi connectivity index (χ3v) is 4.72. The predicted molar refractivity (Wildman–Crippen MR) is 97.4 cm³/mol. The fourth-order valence-electron chi connectivity index (χ4n) is 3.35. The van der Waals surface area contributed by atoms with E-state index < -0.39 is 0 Å². The molecule has 1 heterocycles. The quantitative estimate of drug-likeness (QED) is 0.802. The second-order valence-corrected chi connectivity index (χ2v) is 6.29. The van der Waals surface area contributed by atoms with E-state index in [0.29, 0.717) is 29.2 Å². The summed E-state index contributed by atoms with van der Waals surface area (Å²) in [5.41, 5.74) is 3.57. The summed E-state index contributed by atoms with van der Waals surface area (Å²) >= 11 is 0. The van der Waals surface area contributed by atoms with Gasteiger partial charge in [-0.3, -0.25) is 9.69 Å². The zero-order valence-electron chi connectivity index (χ0n) is 15.2. The summed E-state index contributed by atoms with van der Waals surface area (Å²) in [6.07, 6.45) is 1.63. The van der Waals surface area contributed by atoms with Crippen molar-refractivity contribution in [2.24, 2.45) is 0 Å². The van der Waals surface area contributed by atoms with Crippen LogP contribution in [0, 0.1) is 0 Å². The van der Waals surface area contributed by atoms with E-state index in [1.165, 1.54) is 24.3 Å². The number of fused-ring (bicyclic) bond motifs is 1. The number of phenolic OH excluding ortho intramolecular Hbond substituents is 1. The smallest absolute Gasteiger partial charge is 0.162 e. The number of aromatic hydroxyl groups is 1. The zero-order chi connectivity index (χ0) is 18.7. The molecule has 26 heavy (non-hydrogen) atoms. The van der Waals surface area contributed by atoms with Crippen LogP contribution in [-0.4, -0.2) is 44.2 Å². The molecule has 0 aromatic heterocycles. The van der Waals surface area contributed by atoms with E-state index in [1.54, 1.807) is 20.3 Å². The van der Waals surface area contributed by atoms with Gasteiger partial charge in [0.25, 0.3) is 0 Å². The molecule has 1 aliphatic rings. The predicted octanol–water partition coefficient (Wildman–Crippen LogP) is 2.79. The number of hydrogen-bond donors (Lipinski definition) is 1.